The van der Waals surface area contributed by atoms with E-state index < -0.39 is 0 Å². The van der Waals surface area contributed by atoms with Crippen molar-refractivity contribution < 1.29 is 4.39 Å². The predicted molar refractivity (Wildman–Crippen MR) is 55.8 cm³/mol. The van der Waals surface area contributed by atoms with E-state index in [9.17, 15) is 4.39 Å². The summed E-state index contributed by atoms with van der Waals surface area (Å²) < 4.78 is 13.3. The molecule has 2 N–H and O–H groups in total. The van der Waals surface area contributed by atoms with Crippen molar-refractivity contribution >= 4 is 11.6 Å². The molecule has 1 nitrogen and oxygen atoms in total. The van der Waals surface area contributed by atoms with Crippen molar-refractivity contribution in [2.24, 2.45) is 11.7 Å². The Morgan fingerprint density at radius 1 is 1.50 bits per heavy atom. The Labute approximate surface area is 88.1 Å². The van der Waals surface area contributed by atoms with Gasteiger partial charge in [-0.15, -0.1) is 0 Å². The molecule has 1 fully saturated rings. The van der Waals surface area contributed by atoms with E-state index in [0.717, 1.165) is 0 Å². The number of halogens is 2. The van der Waals surface area contributed by atoms with Gasteiger partial charge in [0.2, 0.25) is 0 Å². The molecule has 1 saturated carbocycles. The Morgan fingerprint density at radius 2 is 2.21 bits per heavy atom. The third-order valence-corrected chi connectivity index (χ3v) is 2.93. The van der Waals surface area contributed by atoms with Crippen LogP contribution in [0.5, 0.6) is 0 Å². The number of hydrogen-bond donors (Lipinski definition) is 1. The Bertz CT molecular complexity index is 336. The maximum absolute atomic E-state index is 13.3. The number of benzene rings is 1. The van der Waals surface area contributed by atoms with Crippen LogP contribution in [0.25, 0.3) is 0 Å². The molecule has 0 aliphatic heterocycles. The van der Waals surface area contributed by atoms with E-state index >= 15 is 0 Å². The average molecular weight is 214 g/mol. The summed E-state index contributed by atoms with van der Waals surface area (Å²) in [5, 5.41) is 0.574. The monoisotopic (exact) mass is 213 g/mol. The van der Waals surface area contributed by atoms with Crippen LogP contribution in [0.15, 0.2) is 18.2 Å². The van der Waals surface area contributed by atoms with E-state index in [1.54, 1.807) is 12.1 Å². The molecule has 1 unspecified atom stereocenters. The molecule has 0 saturated heterocycles. The highest BCUT2D eigenvalue weighted by atomic mass is 35.5. The van der Waals surface area contributed by atoms with Crippen molar-refractivity contribution in [3.05, 3.63) is 34.6 Å². The lowest BCUT2D eigenvalue weighted by atomic mass is 10.0. The Balaban J connectivity index is 2.10. The first-order valence-corrected chi connectivity index (χ1v) is 5.24. The predicted octanol–water partition coefficient (Wildman–Crippen LogP) is 2.76. The van der Waals surface area contributed by atoms with Crippen molar-refractivity contribution in [2.45, 2.75) is 25.3 Å². The minimum Gasteiger partial charge on any atom is -0.327 e. The molecule has 0 amide bonds. The van der Waals surface area contributed by atoms with Crippen LogP contribution in [-0.4, -0.2) is 6.04 Å². The Kier molecular flexibility index (Phi) is 2.75. The van der Waals surface area contributed by atoms with Crippen LogP contribution in [0.4, 0.5) is 4.39 Å². The van der Waals surface area contributed by atoms with Gasteiger partial charge < -0.3 is 5.73 Å². The van der Waals surface area contributed by atoms with E-state index in [2.05, 4.69) is 0 Å². The zero-order valence-corrected chi connectivity index (χ0v) is 8.60. The molecule has 1 aromatic rings. The number of hydrogen-bond acceptors (Lipinski definition) is 1. The molecule has 1 aromatic carbocycles. The molecule has 0 radical (unpaired) electrons. The van der Waals surface area contributed by atoms with Crippen LogP contribution in [-0.2, 0) is 6.42 Å². The number of nitrogens with two attached hydrogens (primary N) is 1. The molecule has 76 valence electrons. The average Bonchev–Trinajstić information content (AvgIpc) is 2.94. The first-order valence-electron chi connectivity index (χ1n) is 4.86. The number of rotatable bonds is 3. The Morgan fingerprint density at radius 3 is 2.86 bits per heavy atom. The second-order valence-electron chi connectivity index (χ2n) is 3.94. The summed E-state index contributed by atoms with van der Waals surface area (Å²) in [6, 6.07) is 4.71. The fourth-order valence-corrected chi connectivity index (χ4v) is 1.84. The van der Waals surface area contributed by atoms with E-state index in [0.29, 0.717) is 22.9 Å². The highest BCUT2D eigenvalue weighted by Crippen LogP contribution is 2.33. The van der Waals surface area contributed by atoms with Crippen molar-refractivity contribution in [2.75, 3.05) is 0 Å². The van der Waals surface area contributed by atoms with Gasteiger partial charge in [-0.1, -0.05) is 11.6 Å². The third-order valence-electron chi connectivity index (χ3n) is 2.69. The molecule has 14 heavy (non-hydrogen) atoms. The zero-order chi connectivity index (χ0) is 10.1. The van der Waals surface area contributed by atoms with Gasteiger partial charge in [-0.2, -0.15) is 0 Å². The van der Waals surface area contributed by atoms with E-state index in [1.807, 2.05) is 0 Å². The molecule has 1 aliphatic carbocycles. The molecule has 0 bridgehead atoms. The van der Waals surface area contributed by atoms with E-state index in [-0.39, 0.29) is 11.9 Å². The molecule has 0 spiro atoms. The fraction of sp³-hybridized carbons (Fsp3) is 0.455. The van der Waals surface area contributed by atoms with Crippen molar-refractivity contribution in [1.29, 1.82) is 0 Å². The van der Waals surface area contributed by atoms with Gasteiger partial charge in [-0.3, -0.25) is 0 Å². The lowest BCUT2D eigenvalue weighted by Gasteiger charge is -2.10. The fourth-order valence-electron chi connectivity index (χ4n) is 1.64. The van der Waals surface area contributed by atoms with Crippen LogP contribution in [0.3, 0.4) is 0 Å². The summed E-state index contributed by atoms with van der Waals surface area (Å²) >= 11 is 5.79. The summed E-state index contributed by atoms with van der Waals surface area (Å²) in [7, 11) is 0. The summed E-state index contributed by atoms with van der Waals surface area (Å²) in [5.74, 6) is 0.388. The largest absolute Gasteiger partial charge is 0.327 e. The van der Waals surface area contributed by atoms with Crippen LogP contribution < -0.4 is 5.73 Å². The van der Waals surface area contributed by atoms with Crippen LogP contribution in [0.2, 0.25) is 5.02 Å². The van der Waals surface area contributed by atoms with Gasteiger partial charge in [0, 0.05) is 11.1 Å². The SMILES string of the molecule is NC(Cc1cc(Cl)ccc1F)C1CC1. The lowest BCUT2D eigenvalue weighted by Crippen LogP contribution is -2.25. The van der Waals surface area contributed by atoms with E-state index in [4.69, 9.17) is 17.3 Å². The standard InChI is InChI=1S/C11H13ClFN/c12-9-3-4-10(13)8(5-9)6-11(14)7-1-2-7/h3-5,7,11H,1-2,6,14H2. The molecule has 3 heteroatoms. The molecule has 1 aliphatic rings. The van der Waals surface area contributed by atoms with Crippen molar-refractivity contribution in [1.82, 2.24) is 0 Å². The van der Waals surface area contributed by atoms with Gasteiger partial charge in [0.15, 0.2) is 0 Å². The first kappa shape index (κ1) is 9.94. The highest BCUT2D eigenvalue weighted by molar-refractivity contribution is 6.30. The minimum absolute atomic E-state index is 0.0861. The van der Waals surface area contributed by atoms with Crippen LogP contribution >= 0.6 is 11.6 Å². The second-order valence-corrected chi connectivity index (χ2v) is 4.38. The van der Waals surface area contributed by atoms with Gasteiger partial charge in [-0.05, 0) is 48.9 Å². The van der Waals surface area contributed by atoms with Gasteiger partial charge >= 0.3 is 0 Å². The molecular formula is C11H13ClFN. The molecule has 0 heterocycles. The normalized spacial score (nSPS) is 18.2. The summed E-state index contributed by atoms with van der Waals surface area (Å²) in [4.78, 5) is 0. The summed E-state index contributed by atoms with van der Waals surface area (Å²) in [5.41, 5.74) is 6.56. The zero-order valence-electron chi connectivity index (χ0n) is 7.84. The summed E-state index contributed by atoms with van der Waals surface area (Å²) in [6.45, 7) is 0. The molecule has 2 rings (SSSR count). The van der Waals surface area contributed by atoms with Crippen LogP contribution in [0, 0.1) is 11.7 Å². The maximum atomic E-state index is 13.3. The van der Waals surface area contributed by atoms with Crippen molar-refractivity contribution in [3.8, 4) is 0 Å². The smallest absolute Gasteiger partial charge is 0.126 e. The molecule has 1 atom stereocenters. The first-order chi connectivity index (χ1) is 6.66. The maximum Gasteiger partial charge on any atom is 0.126 e. The van der Waals surface area contributed by atoms with Crippen molar-refractivity contribution in [3.63, 3.8) is 0 Å². The van der Waals surface area contributed by atoms with Crippen LogP contribution in [0.1, 0.15) is 18.4 Å². The topological polar surface area (TPSA) is 26.0 Å². The minimum atomic E-state index is -0.203. The summed E-state index contributed by atoms with van der Waals surface area (Å²) in [6.07, 6.45) is 2.96. The van der Waals surface area contributed by atoms with Gasteiger partial charge in [-0.25, -0.2) is 4.39 Å². The third kappa shape index (κ3) is 2.25. The lowest BCUT2D eigenvalue weighted by molar-refractivity contribution is 0.555. The highest BCUT2D eigenvalue weighted by Gasteiger charge is 2.28. The van der Waals surface area contributed by atoms with Gasteiger partial charge in [0.25, 0.3) is 0 Å². The Hall–Kier alpha value is -0.600. The van der Waals surface area contributed by atoms with Gasteiger partial charge in [0.05, 0.1) is 0 Å². The molecule has 0 aromatic heterocycles. The van der Waals surface area contributed by atoms with E-state index in [1.165, 1.54) is 18.9 Å². The quantitative estimate of drug-likeness (QED) is 0.821. The second kappa shape index (κ2) is 3.87. The molecular weight excluding hydrogens is 201 g/mol. The van der Waals surface area contributed by atoms with Gasteiger partial charge in [0.1, 0.15) is 5.82 Å².